The number of ether oxygens (including phenoxy) is 1. The topological polar surface area (TPSA) is 59.0 Å². The second-order valence-electron chi connectivity index (χ2n) is 7.67. The fourth-order valence-corrected chi connectivity index (χ4v) is 4.75. The van der Waals surface area contributed by atoms with E-state index in [1.807, 2.05) is 48.5 Å². The van der Waals surface area contributed by atoms with E-state index in [4.69, 9.17) is 33.7 Å². The molecule has 30 heavy (non-hydrogen) atoms. The Labute approximate surface area is 187 Å². The van der Waals surface area contributed by atoms with E-state index in [0.717, 1.165) is 47.3 Å². The van der Waals surface area contributed by atoms with E-state index in [0.29, 0.717) is 21.5 Å². The normalized spacial score (nSPS) is 22.5. The first-order valence-electron chi connectivity index (χ1n) is 10.0. The summed E-state index contributed by atoms with van der Waals surface area (Å²) in [6.07, 6.45) is 4.80. The van der Waals surface area contributed by atoms with Gasteiger partial charge in [-0.1, -0.05) is 72.9 Å². The Kier molecular flexibility index (Phi) is 5.90. The average molecular weight is 437 g/mol. The predicted molar refractivity (Wildman–Crippen MR) is 122 cm³/mol. The number of hydrogen-bond donors (Lipinski definition) is 1. The smallest absolute Gasteiger partial charge is 0.205 e. The molecule has 0 fully saturated rings. The maximum atomic E-state index is 9.87. The second kappa shape index (κ2) is 8.60. The van der Waals surface area contributed by atoms with Crippen LogP contribution in [0.25, 0.3) is 6.08 Å². The molecule has 2 aromatic rings. The highest BCUT2D eigenvalue weighted by atomic mass is 35.5. The van der Waals surface area contributed by atoms with Crippen molar-refractivity contribution in [3.8, 4) is 6.07 Å². The number of benzene rings is 2. The van der Waals surface area contributed by atoms with Crippen LogP contribution in [0.5, 0.6) is 0 Å². The standard InChI is InChI=1S/C25H22Cl2N2O/c1-2-15-11-17(13-16-7-3-5-9-21(16)26)24-19(12-15)23(20(14-28)25(29)30-24)18-8-4-6-10-22(18)27/h3-10,13,15,23H,2,11-12,29H2,1H3/b17-13+. The van der Waals surface area contributed by atoms with Crippen molar-refractivity contribution in [3.05, 3.63) is 98.1 Å². The van der Waals surface area contributed by atoms with E-state index < -0.39 is 0 Å². The second-order valence-corrected chi connectivity index (χ2v) is 8.49. The SMILES string of the molecule is CCC1CC2=C(OC(N)=C(C#N)C2c2ccccc2Cl)/C(=C/c2ccccc2Cl)C1. The van der Waals surface area contributed by atoms with Crippen LogP contribution in [-0.4, -0.2) is 0 Å². The monoisotopic (exact) mass is 436 g/mol. The lowest BCUT2D eigenvalue weighted by Crippen LogP contribution is -2.26. The van der Waals surface area contributed by atoms with Crippen molar-refractivity contribution in [2.24, 2.45) is 11.7 Å². The molecule has 2 N–H and O–H groups in total. The summed E-state index contributed by atoms with van der Waals surface area (Å²) in [5.41, 5.74) is 10.6. The van der Waals surface area contributed by atoms with E-state index in [9.17, 15) is 5.26 Å². The highest BCUT2D eigenvalue weighted by Gasteiger charge is 2.38. The summed E-state index contributed by atoms with van der Waals surface area (Å²) in [7, 11) is 0. The summed E-state index contributed by atoms with van der Waals surface area (Å²) in [5.74, 6) is 1.02. The average Bonchev–Trinajstić information content (AvgIpc) is 2.75. The minimum atomic E-state index is -0.309. The van der Waals surface area contributed by atoms with E-state index >= 15 is 0 Å². The van der Waals surface area contributed by atoms with Gasteiger partial charge in [-0.25, -0.2) is 0 Å². The minimum Gasteiger partial charge on any atom is -0.440 e. The number of nitrogens with zero attached hydrogens (tertiary/aromatic N) is 1. The number of nitrogens with two attached hydrogens (primary N) is 1. The van der Waals surface area contributed by atoms with Crippen LogP contribution in [0.4, 0.5) is 0 Å². The maximum absolute atomic E-state index is 9.87. The van der Waals surface area contributed by atoms with E-state index in [-0.39, 0.29) is 11.8 Å². The lowest BCUT2D eigenvalue weighted by molar-refractivity contribution is 0.265. The first-order valence-corrected chi connectivity index (χ1v) is 10.8. The molecule has 2 atom stereocenters. The molecule has 1 heterocycles. The lowest BCUT2D eigenvalue weighted by Gasteiger charge is -2.36. The van der Waals surface area contributed by atoms with Crippen LogP contribution < -0.4 is 5.73 Å². The summed E-state index contributed by atoms with van der Waals surface area (Å²) >= 11 is 13.0. The predicted octanol–water partition coefficient (Wildman–Crippen LogP) is 6.96. The molecule has 1 aliphatic carbocycles. The minimum absolute atomic E-state index is 0.140. The quantitative estimate of drug-likeness (QED) is 0.565. The molecule has 2 aromatic carbocycles. The van der Waals surface area contributed by atoms with Crippen LogP contribution in [0.1, 0.15) is 43.2 Å². The van der Waals surface area contributed by atoms with Gasteiger partial charge in [-0.05, 0) is 59.2 Å². The third-order valence-corrected chi connectivity index (χ3v) is 6.55. The molecular formula is C25H22Cl2N2O. The zero-order valence-corrected chi connectivity index (χ0v) is 18.2. The van der Waals surface area contributed by atoms with Crippen molar-refractivity contribution in [1.82, 2.24) is 0 Å². The Morgan fingerprint density at radius 3 is 2.47 bits per heavy atom. The van der Waals surface area contributed by atoms with Crippen LogP contribution in [-0.2, 0) is 4.74 Å². The van der Waals surface area contributed by atoms with Gasteiger partial charge >= 0.3 is 0 Å². The van der Waals surface area contributed by atoms with Crippen molar-refractivity contribution < 1.29 is 4.74 Å². The van der Waals surface area contributed by atoms with Crippen LogP contribution in [0.15, 0.2) is 76.9 Å². The largest absolute Gasteiger partial charge is 0.440 e. The van der Waals surface area contributed by atoms with E-state index in [1.54, 1.807) is 0 Å². The summed E-state index contributed by atoms with van der Waals surface area (Å²) in [6, 6.07) is 17.6. The molecule has 0 spiro atoms. The van der Waals surface area contributed by atoms with Crippen molar-refractivity contribution in [1.29, 1.82) is 5.26 Å². The zero-order chi connectivity index (χ0) is 21.3. The molecular weight excluding hydrogens is 415 g/mol. The summed E-state index contributed by atoms with van der Waals surface area (Å²) in [6.45, 7) is 2.19. The van der Waals surface area contributed by atoms with Gasteiger partial charge in [0.1, 0.15) is 17.4 Å². The van der Waals surface area contributed by atoms with Crippen molar-refractivity contribution in [2.45, 2.75) is 32.1 Å². The molecule has 3 nitrogen and oxygen atoms in total. The molecule has 0 aromatic heterocycles. The van der Waals surface area contributed by atoms with Gasteiger partial charge < -0.3 is 10.5 Å². The third kappa shape index (κ3) is 3.74. The molecule has 0 saturated carbocycles. The summed E-state index contributed by atoms with van der Waals surface area (Å²) in [5, 5.41) is 11.2. The first-order chi connectivity index (χ1) is 14.5. The van der Waals surface area contributed by atoms with Gasteiger partial charge in [0.05, 0.1) is 5.92 Å². The van der Waals surface area contributed by atoms with Gasteiger partial charge in [0.15, 0.2) is 0 Å². The molecule has 2 unspecified atom stereocenters. The molecule has 0 saturated heterocycles. The number of hydrogen-bond acceptors (Lipinski definition) is 3. The van der Waals surface area contributed by atoms with Gasteiger partial charge in [0, 0.05) is 10.0 Å². The Hall–Kier alpha value is -2.67. The molecule has 0 bridgehead atoms. The molecule has 152 valence electrons. The first kappa shape index (κ1) is 20.6. The summed E-state index contributed by atoms with van der Waals surface area (Å²) < 4.78 is 6.06. The van der Waals surface area contributed by atoms with Crippen molar-refractivity contribution >= 4 is 29.3 Å². The Balaban J connectivity index is 1.92. The van der Waals surface area contributed by atoms with Gasteiger partial charge in [0.25, 0.3) is 0 Å². The third-order valence-electron chi connectivity index (χ3n) is 5.86. The number of nitriles is 1. The highest BCUT2D eigenvalue weighted by molar-refractivity contribution is 6.32. The van der Waals surface area contributed by atoms with Gasteiger partial charge in [0.2, 0.25) is 5.88 Å². The molecule has 1 aliphatic heterocycles. The number of rotatable bonds is 3. The Morgan fingerprint density at radius 1 is 1.10 bits per heavy atom. The summed E-state index contributed by atoms with van der Waals surface area (Å²) in [4.78, 5) is 0. The van der Waals surface area contributed by atoms with Gasteiger partial charge in [-0.3, -0.25) is 0 Å². The lowest BCUT2D eigenvalue weighted by atomic mass is 9.73. The molecule has 0 radical (unpaired) electrons. The van der Waals surface area contributed by atoms with Crippen molar-refractivity contribution in [2.75, 3.05) is 0 Å². The van der Waals surface area contributed by atoms with Crippen molar-refractivity contribution in [3.63, 3.8) is 0 Å². The molecule has 2 aliphatic rings. The fraction of sp³-hybridized carbons (Fsp3) is 0.240. The van der Waals surface area contributed by atoms with Crippen LogP contribution >= 0.6 is 23.2 Å². The van der Waals surface area contributed by atoms with Crippen LogP contribution in [0.3, 0.4) is 0 Å². The molecule has 0 amide bonds. The molecule has 5 heteroatoms. The zero-order valence-electron chi connectivity index (χ0n) is 16.7. The van der Waals surface area contributed by atoms with Gasteiger partial charge in [-0.2, -0.15) is 5.26 Å². The Morgan fingerprint density at radius 2 is 1.80 bits per heavy atom. The highest BCUT2D eigenvalue weighted by Crippen LogP contribution is 2.50. The fourth-order valence-electron chi connectivity index (χ4n) is 4.31. The number of allylic oxidation sites excluding steroid dienone is 3. The van der Waals surface area contributed by atoms with E-state index in [1.165, 1.54) is 0 Å². The van der Waals surface area contributed by atoms with E-state index in [2.05, 4.69) is 19.1 Å². The number of halogens is 2. The van der Waals surface area contributed by atoms with Crippen LogP contribution in [0, 0.1) is 17.2 Å². The Bertz CT molecular complexity index is 1120. The molecule has 4 rings (SSSR count). The van der Waals surface area contributed by atoms with Crippen LogP contribution in [0.2, 0.25) is 10.0 Å². The van der Waals surface area contributed by atoms with Gasteiger partial charge in [-0.15, -0.1) is 0 Å². The maximum Gasteiger partial charge on any atom is 0.205 e.